The Morgan fingerprint density at radius 3 is 2.67 bits per heavy atom. The van der Waals surface area contributed by atoms with Gasteiger partial charge in [-0.15, -0.1) is 11.3 Å². The summed E-state index contributed by atoms with van der Waals surface area (Å²) in [7, 11) is 1.32. The van der Waals surface area contributed by atoms with E-state index in [-0.39, 0.29) is 5.91 Å². The molecule has 0 aliphatic rings. The number of H-pyrrole nitrogens is 1. The van der Waals surface area contributed by atoms with Crippen molar-refractivity contribution in [3.63, 3.8) is 0 Å². The topological polar surface area (TPSA) is 71.2 Å². The number of halogens is 1. The smallest absolute Gasteiger partial charge is 0.339 e. The zero-order valence-electron chi connectivity index (χ0n) is 11.9. The number of ether oxygens (including phenoxy) is 1. The van der Waals surface area contributed by atoms with Gasteiger partial charge in [-0.05, 0) is 47.5 Å². The Hall–Kier alpha value is -1.60. The van der Waals surface area contributed by atoms with Crippen LogP contribution in [0, 0.1) is 13.8 Å². The predicted molar refractivity (Wildman–Crippen MR) is 84.8 cm³/mol. The number of methoxy groups -OCH3 is 1. The summed E-state index contributed by atoms with van der Waals surface area (Å²) in [5.74, 6) is -0.683. The monoisotopic (exact) mass is 370 g/mol. The lowest BCUT2D eigenvalue weighted by atomic mass is 10.1. The van der Waals surface area contributed by atoms with Crippen molar-refractivity contribution in [3.05, 3.63) is 43.3 Å². The van der Waals surface area contributed by atoms with E-state index >= 15 is 0 Å². The molecule has 0 bridgehead atoms. The Kier molecular flexibility index (Phi) is 4.84. The molecular weight excluding hydrogens is 356 g/mol. The summed E-state index contributed by atoms with van der Waals surface area (Å²) < 4.78 is 5.75. The average Bonchev–Trinajstić information content (AvgIpc) is 2.99. The summed E-state index contributed by atoms with van der Waals surface area (Å²) in [5, 5.41) is 2.83. The van der Waals surface area contributed by atoms with Gasteiger partial charge in [-0.2, -0.15) is 0 Å². The number of carbonyl (C=O) groups is 2. The van der Waals surface area contributed by atoms with Gasteiger partial charge in [0.15, 0.2) is 0 Å². The molecule has 0 fully saturated rings. The number of esters is 1. The highest BCUT2D eigenvalue weighted by Crippen LogP contribution is 2.22. The van der Waals surface area contributed by atoms with Crippen LogP contribution >= 0.6 is 27.3 Å². The van der Waals surface area contributed by atoms with Crippen molar-refractivity contribution >= 4 is 39.1 Å². The van der Waals surface area contributed by atoms with Crippen LogP contribution in [-0.4, -0.2) is 24.0 Å². The van der Waals surface area contributed by atoms with E-state index in [2.05, 4.69) is 26.2 Å². The Bertz CT molecular complexity index is 690. The molecule has 0 saturated carbocycles. The molecule has 112 valence electrons. The lowest BCUT2D eigenvalue weighted by Gasteiger charge is -2.03. The van der Waals surface area contributed by atoms with E-state index < -0.39 is 5.97 Å². The van der Waals surface area contributed by atoms with Crippen LogP contribution in [0.1, 0.15) is 37.0 Å². The molecule has 2 N–H and O–H groups in total. The number of aryl methyl sites for hydroxylation is 1. The van der Waals surface area contributed by atoms with Crippen LogP contribution in [-0.2, 0) is 11.3 Å². The normalized spacial score (nSPS) is 10.5. The second-order valence-electron chi connectivity index (χ2n) is 4.51. The number of aromatic amines is 1. The van der Waals surface area contributed by atoms with Crippen molar-refractivity contribution in [2.45, 2.75) is 20.4 Å². The van der Waals surface area contributed by atoms with E-state index in [0.717, 1.165) is 8.66 Å². The molecule has 0 aliphatic heterocycles. The van der Waals surface area contributed by atoms with Gasteiger partial charge in [-0.3, -0.25) is 4.79 Å². The summed E-state index contributed by atoms with van der Waals surface area (Å²) in [4.78, 5) is 27.9. The van der Waals surface area contributed by atoms with Gasteiger partial charge in [0.05, 0.1) is 23.0 Å². The first-order valence-electron chi connectivity index (χ1n) is 6.24. The molecule has 0 spiro atoms. The van der Waals surface area contributed by atoms with Gasteiger partial charge in [0.2, 0.25) is 0 Å². The lowest BCUT2D eigenvalue weighted by Crippen LogP contribution is -2.23. The maximum atomic E-state index is 12.2. The average molecular weight is 371 g/mol. The SMILES string of the molecule is COC(=O)c1c(C)[nH]c(C(=O)NCc2ccc(Br)s2)c1C. The third-order valence-electron chi connectivity index (χ3n) is 3.11. The van der Waals surface area contributed by atoms with Gasteiger partial charge in [-0.1, -0.05) is 0 Å². The van der Waals surface area contributed by atoms with Crippen molar-refractivity contribution in [3.8, 4) is 0 Å². The van der Waals surface area contributed by atoms with Gasteiger partial charge in [0.1, 0.15) is 5.69 Å². The zero-order valence-corrected chi connectivity index (χ0v) is 14.3. The number of rotatable bonds is 4. The van der Waals surface area contributed by atoms with Gasteiger partial charge < -0.3 is 15.0 Å². The van der Waals surface area contributed by atoms with Gasteiger partial charge in [-0.25, -0.2) is 4.79 Å². The minimum absolute atomic E-state index is 0.240. The number of hydrogen-bond acceptors (Lipinski definition) is 4. The van der Waals surface area contributed by atoms with Crippen molar-refractivity contribution in [2.75, 3.05) is 7.11 Å². The van der Waals surface area contributed by atoms with Gasteiger partial charge >= 0.3 is 5.97 Å². The predicted octanol–water partition coefficient (Wildman–Crippen LogP) is 3.17. The Morgan fingerprint density at radius 2 is 2.10 bits per heavy atom. The van der Waals surface area contributed by atoms with E-state index in [1.807, 2.05) is 12.1 Å². The summed E-state index contributed by atoms with van der Waals surface area (Å²) in [6.07, 6.45) is 0. The standard InChI is InChI=1S/C14H15BrN2O3S/c1-7-11(14(19)20-3)8(2)17-12(7)13(18)16-6-9-4-5-10(15)21-9/h4-5,17H,6H2,1-3H3,(H,16,18). The number of thiophene rings is 1. The second-order valence-corrected chi connectivity index (χ2v) is 7.05. The van der Waals surface area contributed by atoms with Crippen molar-refractivity contribution < 1.29 is 14.3 Å². The van der Waals surface area contributed by atoms with Crippen LogP contribution in [0.5, 0.6) is 0 Å². The number of amides is 1. The highest BCUT2D eigenvalue weighted by atomic mass is 79.9. The van der Waals surface area contributed by atoms with E-state index in [1.165, 1.54) is 7.11 Å². The van der Waals surface area contributed by atoms with Crippen LogP contribution in [0.25, 0.3) is 0 Å². The molecule has 0 atom stereocenters. The van der Waals surface area contributed by atoms with Crippen LogP contribution in [0.4, 0.5) is 0 Å². The molecule has 0 saturated heterocycles. The molecule has 0 aromatic carbocycles. The van der Waals surface area contributed by atoms with Crippen molar-refractivity contribution in [1.82, 2.24) is 10.3 Å². The maximum absolute atomic E-state index is 12.2. The zero-order chi connectivity index (χ0) is 15.6. The molecule has 0 aliphatic carbocycles. The number of carbonyl (C=O) groups excluding carboxylic acids is 2. The minimum Gasteiger partial charge on any atom is -0.465 e. The van der Waals surface area contributed by atoms with E-state index in [9.17, 15) is 9.59 Å². The molecule has 1 amide bonds. The van der Waals surface area contributed by atoms with E-state index in [4.69, 9.17) is 4.74 Å². The quantitative estimate of drug-likeness (QED) is 0.811. The highest BCUT2D eigenvalue weighted by Gasteiger charge is 2.22. The number of hydrogen-bond donors (Lipinski definition) is 2. The number of nitrogens with one attached hydrogen (secondary N) is 2. The van der Waals surface area contributed by atoms with Crippen LogP contribution in [0.15, 0.2) is 15.9 Å². The Balaban J connectivity index is 2.14. The second kappa shape index (κ2) is 6.44. The fraction of sp³-hybridized carbons (Fsp3) is 0.286. The third-order valence-corrected chi connectivity index (χ3v) is 4.73. The maximum Gasteiger partial charge on any atom is 0.339 e. The summed E-state index contributed by atoms with van der Waals surface area (Å²) >= 11 is 4.94. The highest BCUT2D eigenvalue weighted by molar-refractivity contribution is 9.11. The Labute approximate surface area is 134 Å². The first kappa shape index (κ1) is 15.8. The van der Waals surface area contributed by atoms with Crippen molar-refractivity contribution in [2.24, 2.45) is 0 Å². The molecule has 2 aromatic heterocycles. The minimum atomic E-state index is -0.442. The lowest BCUT2D eigenvalue weighted by molar-refractivity contribution is 0.0599. The fourth-order valence-corrected chi connectivity index (χ4v) is 3.51. The largest absolute Gasteiger partial charge is 0.465 e. The molecule has 2 heterocycles. The fourth-order valence-electron chi connectivity index (χ4n) is 2.09. The molecule has 5 nitrogen and oxygen atoms in total. The number of aromatic nitrogens is 1. The Morgan fingerprint density at radius 1 is 1.38 bits per heavy atom. The molecule has 7 heteroatoms. The molecule has 2 rings (SSSR count). The van der Waals surface area contributed by atoms with Gasteiger partial charge in [0.25, 0.3) is 5.91 Å². The first-order chi connectivity index (χ1) is 9.93. The van der Waals surface area contributed by atoms with Crippen LogP contribution in [0.3, 0.4) is 0 Å². The van der Waals surface area contributed by atoms with Crippen molar-refractivity contribution in [1.29, 1.82) is 0 Å². The molecule has 2 aromatic rings. The first-order valence-corrected chi connectivity index (χ1v) is 7.85. The van der Waals surface area contributed by atoms with Crippen LogP contribution < -0.4 is 5.32 Å². The molecule has 21 heavy (non-hydrogen) atoms. The van der Waals surface area contributed by atoms with Crippen LogP contribution in [0.2, 0.25) is 0 Å². The molecular formula is C14H15BrN2O3S. The molecule has 0 radical (unpaired) electrons. The summed E-state index contributed by atoms with van der Waals surface area (Å²) in [6, 6.07) is 3.88. The summed E-state index contributed by atoms with van der Waals surface area (Å²) in [6.45, 7) is 3.92. The molecule has 0 unspecified atom stereocenters. The van der Waals surface area contributed by atoms with E-state index in [0.29, 0.717) is 29.1 Å². The summed E-state index contributed by atoms with van der Waals surface area (Å²) in [5.41, 5.74) is 2.04. The van der Waals surface area contributed by atoms with Gasteiger partial charge in [0, 0.05) is 10.6 Å². The van der Waals surface area contributed by atoms with E-state index in [1.54, 1.807) is 25.2 Å². The third kappa shape index (κ3) is 3.36.